The highest BCUT2D eigenvalue weighted by Gasteiger charge is 2.55. The minimum atomic E-state index is -1.09. The van der Waals surface area contributed by atoms with E-state index in [0.29, 0.717) is 19.3 Å². The molecular weight excluding hydrogens is 228 g/mol. The molecule has 2 rings (SSSR count). The third kappa shape index (κ3) is 1.94. The Morgan fingerprint density at radius 1 is 1.33 bits per heavy atom. The van der Waals surface area contributed by atoms with E-state index in [0.717, 1.165) is 17.6 Å². The number of carbonyl (C=O) groups is 1. The highest BCUT2D eigenvalue weighted by molar-refractivity contribution is 5.97. The molecule has 0 unspecified atom stereocenters. The van der Waals surface area contributed by atoms with Gasteiger partial charge in [0.2, 0.25) is 0 Å². The molecule has 0 bridgehead atoms. The molecular formula is C15H24O3. The number of hydrogen-bond donors (Lipinski definition) is 2. The van der Waals surface area contributed by atoms with Gasteiger partial charge in [0.1, 0.15) is 0 Å². The van der Waals surface area contributed by atoms with E-state index in [4.69, 9.17) is 0 Å². The Kier molecular flexibility index (Phi) is 3.19. The van der Waals surface area contributed by atoms with Crippen molar-refractivity contribution in [2.75, 3.05) is 0 Å². The average molecular weight is 252 g/mol. The topological polar surface area (TPSA) is 57.5 Å². The van der Waals surface area contributed by atoms with Gasteiger partial charge in [-0.2, -0.15) is 0 Å². The molecule has 0 amide bonds. The van der Waals surface area contributed by atoms with Crippen LogP contribution in [0.5, 0.6) is 0 Å². The lowest BCUT2D eigenvalue weighted by Gasteiger charge is -2.54. The first-order valence-electron chi connectivity index (χ1n) is 6.78. The second kappa shape index (κ2) is 4.17. The average Bonchev–Trinajstić information content (AvgIpc) is 2.23. The van der Waals surface area contributed by atoms with E-state index in [2.05, 4.69) is 6.92 Å². The van der Waals surface area contributed by atoms with Crippen molar-refractivity contribution in [1.29, 1.82) is 0 Å². The lowest BCUT2D eigenvalue weighted by molar-refractivity contribution is -0.175. The number of rotatable bonds is 0. The van der Waals surface area contributed by atoms with Gasteiger partial charge < -0.3 is 10.2 Å². The summed E-state index contributed by atoms with van der Waals surface area (Å²) >= 11 is 0. The smallest absolute Gasteiger partial charge is 0.159 e. The summed E-state index contributed by atoms with van der Waals surface area (Å²) in [6.45, 7) is 7.70. The maximum absolute atomic E-state index is 12.2. The van der Waals surface area contributed by atoms with Gasteiger partial charge in [0.15, 0.2) is 5.78 Å². The van der Waals surface area contributed by atoms with Crippen LogP contribution in [0.1, 0.15) is 53.4 Å². The molecule has 2 saturated carbocycles. The Bertz CT molecular complexity index is 404. The molecule has 0 spiro atoms. The number of aliphatic hydroxyl groups excluding tert-OH is 1. The van der Waals surface area contributed by atoms with Crippen LogP contribution in [0.3, 0.4) is 0 Å². The summed E-state index contributed by atoms with van der Waals surface area (Å²) in [5.74, 6) is 0.192. The van der Waals surface area contributed by atoms with E-state index in [-0.39, 0.29) is 17.1 Å². The van der Waals surface area contributed by atoms with Crippen molar-refractivity contribution in [2.45, 2.75) is 65.1 Å². The third-order valence-corrected chi connectivity index (χ3v) is 5.12. The molecule has 2 N–H and O–H groups in total. The van der Waals surface area contributed by atoms with Crippen molar-refractivity contribution in [3.8, 4) is 0 Å². The lowest BCUT2D eigenvalue weighted by atomic mass is 9.53. The number of Topliss-reactive ketones (excluding diaryl/α,β-unsaturated/α-hetero) is 1. The van der Waals surface area contributed by atoms with Crippen LogP contribution in [-0.4, -0.2) is 27.7 Å². The summed E-state index contributed by atoms with van der Waals surface area (Å²) in [4.78, 5) is 12.2. The summed E-state index contributed by atoms with van der Waals surface area (Å²) in [6.07, 6.45) is 1.82. The van der Waals surface area contributed by atoms with Crippen molar-refractivity contribution in [1.82, 2.24) is 0 Å². The van der Waals surface area contributed by atoms with Gasteiger partial charge in [-0.05, 0) is 56.9 Å². The Labute approximate surface area is 109 Å². The van der Waals surface area contributed by atoms with Crippen LogP contribution in [0.25, 0.3) is 0 Å². The molecule has 0 aliphatic heterocycles. The number of fused-ring (bicyclic) bond motifs is 1. The lowest BCUT2D eigenvalue weighted by Crippen LogP contribution is -2.58. The van der Waals surface area contributed by atoms with Gasteiger partial charge in [0.05, 0.1) is 11.7 Å². The van der Waals surface area contributed by atoms with E-state index >= 15 is 0 Å². The van der Waals surface area contributed by atoms with E-state index < -0.39 is 11.7 Å². The molecule has 3 nitrogen and oxygen atoms in total. The van der Waals surface area contributed by atoms with Gasteiger partial charge in [-0.1, -0.05) is 12.5 Å². The van der Waals surface area contributed by atoms with Crippen LogP contribution in [0.15, 0.2) is 11.1 Å². The van der Waals surface area contributed by atoms with Gasteiger partial charge in [-0.3, -0.25) is 4.79 Å². The second-order valence-corrected chi connectivity index (χ2v) is 6.77. The monoisotopic (exact) mass is 252 g/mol. The van der Waals surface area contributed by atoms with Crippen LogP contribution in [0, 0.1) is 11.3 Å². The third-order valence-electron chi connectivity index (χ3n) is 5.12. The number of carbonyl (C=O) groups excluding carboxylic acids is 1. The minimum absolute atomic E-state index is 0.0312. The molecule has 0 aromatic rings. The molecule has 0 aromatic heterocycles. The SMILES string of the molecule is CC(C)=C1C[C@@H]2[C@@](C)(CC[C@@H](O)[C@]2(C)O)CC1=O. The zero-order valence-electron chi connectivity index (χ0n) is 11.8. The van der Waals surface area contributed by atoms with E-state index in [9.17, 15) is 15.0 Å². The van der Waals surface area contributed by atoms with Gasteiger partial charge >= 0.3 is 0 Å². The van der Waals surface area contributed by atoms with Crippen LogP contribution < -0.4 is 0 Å². The van der Waals surface area contributed by atoms with E-state index in [1.807, 2.05) is 13.8 Å². The van der Waals surface area contributed by atoms with Crippen molar-refractivity contribution < 1.29 is 15.0 Å². The first kappa shape index (κ1) is 13.8. The summed E-state index contributed by atoms with van der Waals surface area (Å²) in [6, 6.07) is 0. The highest BCUT2D eigenvalue weighted by atomic mass is 16.3. The van der Waals surface area contributed by atoms with Crippen molar-refractivity contribution in [3.63, 3.8) is 0 Å². The summed E-state index contributed by atoms with van der Waals surface area (Å²) in [5.41, 5.74) is 0.637. The molecule has 2 aliphatic rings. The summed E-state index contributed by atoms with van der Waals surface area (Å²) in [7, 11) is 0. The van der Waals surface area contributed by atoms with Crippen LogP contribution in [0.4, 0.5) is 0 Å². The number of aliphatic hydroxyl groups is 2. The first-order chi connectivity index (χ1) is 8.18. The number of hydrogen-bond acceptors (Lipinski definition) is 3. The predicted molar refractivity (Wildman–Crippen MR) is 70.1 cm³/mol. The molecule has 0 radical (unpaired) electrons. The molecule has 18 heavy (non-hydrogen) atoms. The standard InChI is InChI=1S/C15H24O3/c1-9(2)10-7-12-14(3,8-11(10)16)6-5-13(17)15(12,4)18/h12-13,17-18H,5-8H2,1-4H3/t12-,13-,14+,15-/m1/s1. The zero-order chi connectivity index (χ0) is 13.7. The number of allylic oxidation sites excluding steroid dienone is 2. The Balaban J connectivity index is 2.41. The predicted octanol–water partition coefficient (Wildman–Crippen LogP) is 2.21. The molecule has 102 valence electrons. The fraction of sp³-hybridized carbons (Fsp3) is 0.800. The second-order valence-electron chi connectivity index (χ2n) is 6.77. The molecule has 0 saturated heterocycles. The first-order valence-corrected chi connectivity index (χ1v) is 6.78. The van der Waals surface area contributed by atoms with Crippen molar-refractivity contribution >= 4 is 5.78 Å². The molecule has 2 fully saturated rings. The van der Waals surface area contributed by atoms with Gasteiger partial charge in [-0.15, -0.1) is 0 Å². The van der Waals surface area contributed by atoms with Gasteiger partial charge in [0.25, 0.3) is 0 Å². The van der Waals surface area contributed by atoms with Crippen LogP contribution >= 0.6 is 0 Å². The Hall–Kier alpha value is -0.670. The Morgan fingerprint density at radius 3 is 2.50 bits per heavy atom. The maximum atomic E-state index is 12.2. The quantitative estimate of drug-likeness (QED) is 0.650. The minimum Gasteiger partial charge on any atom is -0.390 e. The van der Waals surface area contributed by atoms with Crippen LogP contribution in [-0.2, 0) is 4.79 Å². The largest absolute Gasteiger partial charge is 0.390 e. The molecule has 4 atom stereocenters. The fourth-order valence-electron chi connectivity index (χ4n) is 3.81. The Morgan fingerprint density at radius 2 is 1.94 bits per heavy atom. The van der Waals surface area contributed by atoms with Gasteiger partial charge in [-0.25, -0.2) is 0 Å². The van der Waals surface area contributed by atoms with E-state index in [1.54, 1.807) is 6.92 Å². The van der Waals surface area contributed by atoms with E-state index in [1.165, 1.54) is 0 Å². The van der Waals surface area contributed by atoms with Crippen molar-refractivity contribution in [2.24, 2.45) is 11.3 Å². The summed E-state index contributed by atoms with van der Waals surface area (Å²) in [5, 5.41) is 20.6. The highest BCUT2D eigenvalue weighted by Crippen LogP contribution is 2.54. The maximum Gasteiger partial charge on any atom is 0.159 e. The molecule has 3 heteroatoms. The molecule has 0 heterocycles. The molecule has 0 aromatic carbocycles. The van der Waals surface area contributed by atoms with Gasteiger partial charge in [0, 0.05) is 6.42 Å². The number of ketones is 1. The summed E-state index contributed by atoms with van der Waals surface area (Å²) < 4.78 is 0. The zero-order valence-corrected chi connectivity index (χ0v) is 11.8. The fourth-order valence-corrected chi connectivity index (χ4v) is 3.81. The normalized spacial score (nSPS) is 44.8. The van der Waals surface area contributed by atoms with Crippen molar-refractivity contribution in [3.05, 3.63) is 11.1 Å². The molecule has 2 aliphatic carbocycles. The van der Waals surface area contributed by atoms with Crippen LogP contribution in [0.2, 0.25) is 0 Å².